The Morgan fingerprint density at radius 2 is 0.847 bits per heavy atom. The van der Waals surface area contributed by atoms with Crippen LogP contribution < -0.4 is 0 Å². The van der Waals surface area contributed by atoms with Gasteiger partial charge in [-0.1, -0.05) is 91.0 Å². The molecule has 9 aromatic carbocycles. The van der Waals surface area contributed by atoms with E-state index >= 15 is 0 Å². The summed E-state index contributed by atoms with van der Waals surface area (Å²) in [4.78, 5) is 0. The molecule has 0 unspecified atom stereocenters. The summed E-state index contributed by atoms with van der Waals surface area (Å²) in [5.41, 5.74) is 14.8. The molecule has 4 aromatic heterocycles. The summed E-state index contributed by atoms with van der Waals surface area (Å²) >= 11 is 0. The molecule has 59 heavy (non-hydrogen) atoms. The first-order valence-corrected chi connectivity index (χ1v) is 20.5. The van der Waals surface area contributed by atoms with E-state index in [1.54, 1.807) is 0 Å². The smallest absolute Gasteiger partial charge is 0.135 e. The summed E-state index contributed by atoms with van der Waals surface area (Å²) in [6, 6.07) is 58.1. The van der Waals surface area contributed by atoms with Crippen molar-refractivity contribution in [2.75, 3.05) is 0 Å². The second-order valence-corrected chi connectivity index (χ2v) is 16.4. The maximum atomic E-state index is 6.17. The third kappa shape index (κ3) is 4.47. The predicted molar refractivity (Wildman–Crippen MR) is 248 cm³/mol. The standard InChI is InChI=1S/C56H33NO2/c1-2-8-32(9-3-1)41-28-48-44-24-37-16-14-33(35-18-20-54-46(26-35)42-10-4-6-12-52(42)58-54)22-39(37)30-50(44)57-51-31-40-23-34(15-17-38(40)25-45(51)49(29-41)56(48)57)36-19-21-55-47(27-36)43-11-5-7-13-53(43)59-55/h2,4-31H,1,3H2. The molecule has 3 heteroatoms. The highest BCUT2D eigenvalue weighted by molar-refractivity contribution is 6.27. The molecule has 274 valence electrons. The van der Waals surface area contributed by atoms with Gasteiger partial charge in [-0.15, -0.1) is 0 Å². The maximum Gasteiger partial charge on any atom is 0.135 e. The topological polar surface area (TPSA) is 30.7 Å². The highest BCUT2D eigenvalue weighted by atomic mass is 16.3. The molecule has 0 saturated heterocycles. The van der Waals surface area contributed by atoms with Crippen LogP contribution in [0.4, 0.5) is 0 Å². The summed E-state index contributed by atoms with van der Waals surface area (Å²) in [6.45, 7) is 0. The van der Waals surface area contributed by atoms with Gasteiger partial charge in [0.2, 0.25) is 0 Å². The number of rotatable bonds is 3. The summed E-state index contributed by atoms with van der Waals surface area (Å²) in [7, 11) is 0. The lowest BCUT2D eigenvalue weighted by Gasteiger charge is -2.09. The third-order valence-electron chi connectivity index (χ3n) is 13.1. The fraction of sp³-hybridized carbons (Fsp3) is 0.0357. The van der Waals surface area contributed by atoms with Crippen LogP contribution in [0.25, 0.3) is 131 Å². The van der Waals surface area contributed by atoms with Crippen molar-refractivity contribution < 1.29 is 8.83 Å². The van der Waals surface area contributed by atoms with E-state index in [9.17, 15) is 0 Å². The Morgan fingerprint density at radius 1 is 0.356 bits per heavy atom. The number of hydrogen-bond acceptors (Lipinski definition) is 2. The molecule has 14 rings (SSSR count). The number of hydrogen-bond donors (Lipinski definition) is 0. The fourth-order valence-electron chi connectivity index (χ4n) is 10.2. The SMILES string of the molecule is C1=CC(c2cc3c4cc5ccc(-c6ccc7oc8ccccc8c7c6)cc5cc4n4c5cc6cc(-c7ccc8oc9ccccc9c8c7)ccc6cc5c(c2)c34)=CCC1. The molecule has 0 saturated carbocycles. The lowest BCUT2D eigenvalue weighted by molar-refractivity contribution is 0.668. The number of fused-ring (bicyclic) bond motifs is 14. The second kappa shape index (κ2) is 11.5. The van der Waals surface area contributed by atoms with Gasteiger partial charge in [0, 0.05) is 43.1 Å². The van der Waals surface area contributed by atoms with Crippen molar-refractivity contribution in [1.82, 2.24) is 4.40 Å². The molecule has 0 amide bonds. The number of nitrogens with zero attached hydrogens (tertiary/aromatic N) is 1. The molecule has 4 heterocycles. The first-order valence-electron chi connectivity index (χ1n) is 20.5. The Balaban J connectivity index is 1.000. The number of para-hydroxylation sites is 2. The molecule has 0 fully saturated rings. The van der Waals surface area contributed by atoms with Gasteiger partial charge in [-0.3, -0.25) is 0 Å². The van der Waals surface area contributed by atoms with E-state index in [2.05, 4.69) is 156 Å². The molecule has 3 nitrogen and oxygen atoms in total. The highest BCUT2D eigenvalue weighted by Gasteiger charge is 2.21. The minimum Gasteiger partial charge on any atom is -0.456 e. The molecule has 0 radical (unpaired) electrons. The normalized spacial score (nSPS) is 13.7. The quantitative estimate of drug-likeness (QED) is 0.180. The largest absolute Gasteiger partial charge is 0.456 e. The summed E-state index contributed by atoms with van der Waals surface area (Å²) < 4.78 is 14.9. The number of furan rings is 2. The van der Waals surface area contributed by atoms with Gasteiger partial charge in [0.15, 0.2) is 0 Å². The van der Waals surface area contributed by atoms with Crippen molar-refractivity contribution in [2.45, 2.75) is 12.8 Å². The predicted octanol–water partition coefficient (Wildman–Crippen LogP) is 16.0. The minimum atomic E-state index is 0.918. The van der Waals surface area contributed by atoms with Crippen molar-refractivity contribution in [1.29, 1.82) is 0 Å². The van der Waals surface area contributed by atoms with E-state index in [1.807, 2.05) is 24.3 Å². The fourth-order valence-corrected chi connectivity index (χ4v) is 10.2. The summed E-state index contributed by atoms with van der Waals surface area (Å²) in [5, 5.41) is 14.7. The van der Waals surface area contributed by atoms with E-state index < -0.39 is 0 Å². The van der Waals surface area contributed by atoms with Crippen molar-refractivity contribution in [3.05, 3.63) is 182 Å². The van der Waals surface area contributed by atoms with Crippen LogP contribution in [-0.2, 0) is 0 Å². The zero-order valence-electron chi connectivity index (χ0n) is 31.9. The molecule has 0 atom stereocenters. The number of aromatic nitrogens is 1. The number of allylic oxidation sites excluding steroid dienone is 4. The third-order valence-corrected chi connectivity index (χ3v) is 13.1. The molecular formula is C56H33NO2. The van der Waals surface area contributed by atoms with Gasteiger partial charge in [0.1, 0.15) is 22.3 Å². The van der Waals surface area contributed by atoms with Crippen molar-refractivity contribution in [3.8, 4) is 22.3 Å². The van der Waals surface area contributed by atoms with Crippen LogP contribution in [-0.4, -0.2) is 4.40 Å². The summed E-state index contributed by atoms with van der Waals surface area (Å²) in [5.74, 6) is 0. The second-order valence-electron chi connectivity index (χ2n) is 16.4. The first kappa shape index (κ1) is 31.5. The van der Waals surface area contributed by atoms with Crippen molar-refractivity contribution >= 4 is 109 Å². The Labute approximate surface area is 337 Å². The molecule has 1 aliphatic carbocycles. The molecule has 0 N–H and O–H groups in total. The number of benzene rings is 9. The first-order chi connectivity index (χ1) is 29.2. The van der Waals surface area contributed by atoms with Crippen LogP contribution in [0, 0.1) is 0 Å². The zero-order valence-corrected chi connectivity index (χ0v) is 31.9. The lowest BCUT2D eigenvalue weighted by atomic mass is 9.94. The van der Waals surface area contributed by atoms with Gasteiger partial charge in [-0.25, -0.2) is 0 Å². The van der Waals surface area contributed by atoms with Gasteiger partial charge in [0.25, 0.3) is 0 Å². The van der Waals surface area contributed by atoms with Gasteiger partial charge in [0.05, 0.1) is 16.6 Å². The van der Waals surface area contributed by atoms with Gasteiger partial charge >= 0.3 is 0 Å². The Kier molecular flexibility index (Phi) is 6.13. The molecule has 0 bridgehead atoms. The Bertz CT molecular complexity index is 3780. The Morgan fingerprint density at radius 3 is 1.39 bits per heavy atom. The van der Waals surface area contributed by atoms with Crippen LogP contribution in [0.1, 0.15) is 18.4 Å². The lowest BCUT2D eigenvalue weighted by Crippen LogP contribution is -1.86. The van der Waals surface area contributed by atoms with Crippen LogP contribution in [0.5, 0.6) is 0 Å². The molecule has 0 spiro atoms. The highest BCUT2D eigenvalue weighted by Crippen LogP contribution is 2.45. The van der Waals surface area contributed by atoms with Gasteiger partial charge in [-0.2, -0.15) is 0 Å². The van der Waals surface area contributed by atoms with Crippen molar-refractivity contribution in [2.24, 2.45) is 0 Å². The summed E-state index contributed by atoms with van der Waals surface area (Å²) in [6.07, 6.45) is 9.19. The van der Waals surface area contributed by atoms with E-state index in [-0.39, 0.29) is 0 Å². The monoisotopic (exact) mass is 751 g/mol. The van der Waals surface area contributed by atoms with Crippen molar-refractivity contribution in [3.63, 3.8) is 0 Å². The van der Waals surface area contributed by atoms with E-state index in [1.165, 1.54) is 93.0 Å². The molecule has 13 aromatic rings. The van der Waals surface area contributed by atoms with Crippen LogP contribution in [0.3, 0.4) is 0 Å². The van der Waals surface area contributed by atoms with Crippen LogP contribution in [0.2, 0.25) is 0 Å². The maximum absolute atomic E-state index is 6.17. The molecular weight excluding hydrogens is 719 g/mol. The van der Waals surface area contributed by atoms with Crippen LogP contribution >= 0.6 is 0 Å². The molecule has 0 aliphatic heterocycles. The van der Waals surface area contributed by atoms with Gasteiger partial charge < -0.3 is 13.2 Å². The minimum absolute atomic E-state index is 0.918. The zero-order chi connectivity index (χ0) is 38.3. The Hall–Kier alpha value is -7.62. The van der Waals surface area contributed by atoms with E-state index in [0.29, 0.717) is 0 Å². The average molecular weight is 752 g/mol. The van der Waals surface area contributed by atoms with Gasteiger partial charge in [-0.05, 0) is 153 Å². The van der Waals surface area contributed by atoms with E-state index in [0.717, 1.165) is 56.7 Å². The van der Waals surface area contributed by atoms with Crippen LogP contribution in [0.15, 0.2) is 185 Å². The average Bonchev–Trinajstić information content (AvgIpc) is 4.03. The molecule has 1 aliphatic rings. The van der Waals surface area contributed by atoms with E-state index in [4.69, 9.17) is 8.83 Å².